The quantitative estimate of drug-likeness (QED) is 0.807. The van der Waals surface area contributed by atoms with Gasteiger partial charge >= 0.3 is 0 Å². The van der Waals surface area contributed by atoms with Crippen LogP contribution in [0.25, 0.3) is 0 Å². The van der Waals surface area contributed by atoms with Gasteiger partial charge in [-0.1, -0.05) is 43.0 Å². The Kier molecular flexibility index (Phi) is 5.37. The van der Waals surface area contributed by atoms with Crippen molar-refractivity contribution in [3.05, 3.63) is 53.6 Å². The van der Waals surface area contributed by atoms with E-state index in [0.29, 0.717) is 6.54 Å². The Labute approximate surface area is 124 Å². The third-order valence-electron chi connectivity index (χ3n) is 2.91. The summed E-state index contributed by atoms with van der Waals surface area (Å²) in [4.78, 5) is 3.88. The van der Waals surface area contributed by atoms with E-state index in [-0.39, 0.29) is 0 Å². The average molecular weight is 289 g/mol. The molecule has 0 aromatic heterocycles. The maximum atomic E-state index is 5.95. The number of aryl methyl sites for hydroxylation is 1. The predicted molar refractivity (Wildman–Crippen MR) is 86.0 cm³/mol. The molecule has 1 nitrogen and oxygen atoms in total. The second-order valence-electron chi connectivity index (χ2n) is 4.24. The van der Waals surface area contributed by atoms with Crippen LogP contribution in [0.2, 0.25) is 0 Å². The highest BCUT2D eigenvalue weighted by atomic mass is 32.2. The summed E-state index contributed by atoms with van der Waals surface area (Å²) in [6, 6.07) is 14.9. The maximum Gasteiger partial charge on any atom is 0.0200 e. The minimum atomic E-state index is 0.595. The van der Waals surface area contributed by atoms with Crippen LogP contribution in [0.4, 0.5) is 0 Å². The normalized spacial score (nSPS) is 10.7. The smallest absolute Gasteiger partial charge is 0.0200 e. The molecule has 0 aliphatic rings. The van der Waals surface area contributed by atoms with Gasteiger partial charge < -0.3 is 5.73 Å². The van der Waals surface area contributed by atoms with Crippen molar-refractivity contribution in [1.82, 2.24) is 0 Å². The van der Waals surface area contributed by atoms with Gasteiger partial charge in [-0.2, -0.15) is 0 Å². The first-order valence-corrected chi connectivity index (χ1v) is 8.24. The monoisotopic (exact) mass is 289 g/mol. The summed E-state index contributed by atoms with van der Waals surface area (Å²) < 4.78 is 0. The van der Waals surface area contributed by atoms with Crippen LogP contribution >= 0.6 is 23.5 Å². The lowest BCUT2D eigenvalue weighted by molar-refractivity contribution is 0.979. The summed E-state index contributed by atoms with van der Waals surface area (Å²) in [6.45, 7) is 4.92. The van der Waals surface area contributed by atoms with Crippen LogP contribution in [0.3, 0.4) is 0 Å². The molecule has 3 heteroatoms. The van der Waals surface area contributed by atoms with Crippen molar-refractivity contribution in [3.8, 4) is 0 Å². The fourth-order valence-corrected chi connectivity index (χ4v) is 3.92. The van der Waals surface area contributed by atoms with Crippen molar-refractivity contribution < 1.29 is 0 Å². The van der Waals surface area contributed by atoms with Gasteiger partial charge in [-0.15, -0.1) is 11.8 Å². The van der Waals surface area contributed by atoms with E-state index in [9.17, 15) is 0 Å². The van der Waals surface area contributed by atoms with Gasteiger partial charge in [0, 0.05) is 21.2 Å². The van der Waals surface area contributed by atoms with E-state index < -0.39 is 0 Å². The van der Waals surface area contributed by atoms with E-state index in [2.05, 4.69) is 56.3 Å². The number of nitrogens with two attached hydrogens (primary N) is 1. The molecule has 0 aliphatic carbocycles. The predicted octanol–water partition coefficient (Wildman–Crippen LogP) is 4.72. The van der Waals surface area contributed by atoms with Crippen LogP contribution in [0.1, 0.15) is 18.1 Å². The summed E-state index contributed by atoms with van der Waals surface area (Å²) in [7, 11) is 0. The molecule has 0 unspecified atom stereocenters. The van der Waals surface area contributed by atoms with Crippen LogP contribution in [0.5, 0.6) is 0 Å². The molecule has 0 amide bonds. The molecule has 0 aliphatic heterocycles. The highest BCUT2D eigenvalue weighted by Crippen LogP contribution is 2.36. The van der Waals surface area contributed by atoms with E-state index in [1.165, 1.54) is 25.8 Å². The van der Waals surface area contributed by atoms with Crippen molar-refractivity contribution >= 4 is 23.5 Å². The molecule has 0 saturated carbocycles. The Balaban J connectivity index is 2.35. The van der Waals surface area contributed by atoms with Crippen molar-refractivity contribution in [2.45, 2.75) is 35.1 Å². The second-order valence-corrected chi connectivity index (χ2v) is 6.63. The molecule has 0 bridgehead atoms. The molecule has 0 saturated heterocycles. The molecule has 0 atom stereocenters. The first-order chi connectivity index (χ1) is 9.26. The molecule has 2 aromatic carbocycles. The fourth-order valence-electron chi connectivity index (χ4n) is 1.92. The minimum absolute atomic E-state index is 0.595. The van der Waals surface area contributed by atoms with E-state index in [4.69, 9.17) is 5.73 Å². The van der Waals surface area contributed by atoms with Crippen LogP contribution < -0.4 is 5.73 Å². The van der Waals surface area contributed by atoms with Gasteiger partial charge in [-0.05, 0) is 42.0 Å². The van der Waals surface area contributed by atoms with Crippen molar-refractivity contribution in [1.29, 1.82) is 0 Å². The third kappa shape index (κ3) is 3.56. The molecule has 2 N–H and O–H groups in total. The standard InChI is InChI=1S/C16H19NS2/c1-3-18-15-9-6-10-16(13(15)11-17)19-14-8-5-4-7-12(14)2/h4-10H,3,11,17H2,1-2H3. The molecule has 2 aromatic rings. The molecule has 2 rings (SSSR count). The zero-order valence-corrected chi connectivity index (χ0v) is 13.0. The lowest BCUT2D eigenvalue weighted by atomic mass is 10.2. The van der Waals surface area contributed by atoms with Gasteiger partial charge in [0.25, 0.3) is 0 Å². The van der Waals surface area contributed by atoms with Gasteiger partial charge in [0.15, 0.2) is 0 Å². The van der Waals surface area contributed by atoms with Crippen LogP contribution in [0.15, 0.2) is 57.2 Å². The minimum Gasteiger partial charge on any atom is -0.326 e. The van der Waals surface area contributed by atoms with Crippen molar-refractivity contribution in [2.75, 3.05) is 5.75 Å². The Morgan fingerprint density at radius 3 is 2.32 bits per heavy atom. The lowest BCUT2D eigenvalue weighted by Gasteiger charge is -2.13. The summed E-state index contributed by atoms with van der Waals surface area (Å²) in [5, 5.41) is 0. The second kappa shape index (κ2) is 7.04. The van der Waals surface area contributed by atoms with Crippen molar-refractivity contribution in [3.63, 3.8) is 0 Å². The van der Waals surface area contributed by atoms with E-state index in [1.54, 1.807) is 0 Å². The highest BCUT2D eigenvalue weighted by molar-refractivity contribution is 8.00. The lowest BCUT2D eigenvalue weighted by Crippen LogP contribution is -2.00. The zero-order chi connectivity index (χ0) is 13.7. The van der Waals surface area contributed by atoms with E-state index in [1.807, 2.05) is 23.5 Å². The first-order valence-electron chi connectivity index (χ1n) is 6.44. The van der Waals surface area contributed by atoms with Gasteiger partial charge in [-0.25, -0.2) is 0 Å². The number of benzene rings is 2. The summed E-state index contributed by atoms with van der Waals surface area (Å²) >= 11 is 3.67. The molecule has 0 spiro atoms. The molecule has 100 valence electrons. The van der Waals surface area contributed by atoms with E-state index >= 15 is 0 Å². The Bertz CT molecular complexity index is 552. The Hall–Kier alpha value is -0.900. The van der Waals surface area contributed by atoms with Crippen LogP contribution in [0, 0.1) is 6.92 Å². The molecule has 0 radical (unpaired) electrons. The number of hydrogen-bond donors (Lipinski definition) is 1. The van der Waals surface area contributed by atoms with Gasteiger partial charge in [0.2, 0.25) is 0 Å². The number of thioether (sulfide) groups is 1. The number of hydrogen-bond acceptors (Lipinski definition) is 3. The first kappa shape index (κ1) is 14.5. The summed E-state index contributed by atoms with van der Waals surface area (Å²) in [5.74, 6) is 1.07. The van der Waals surface area contributed by atoms with Gasteiger partial charge in [-0.3, -0.25) is 0 Å². The van der Waals surface area contributed by atoms with Crippen LogP contribution in [-0.4, -0.2) is 5.75 Å². The van der Waals surface area contributed by atoms with Crippen LogP contribution in [-0.2, 0) is 6.54 Å². The summed E-state index contributed by atoms with van der Waals surface area (Å²) in [5.41, 5.74) is 8.52. The highest BCUT2D eigenvalue weighted by Gasteiger charge is 2.09. The fraction of sp³-hybridized carbons (Fsp3) is 0.250. The maximum absolute atomic E-state index is 5.95. The van der Waals surface area contributed by atoms with Gasteiger partial charge in [0.05, 0.1) is 0 Å². The molecular formula is C16H19NS2. The SMILES string of the molecule is CCSc1cccc(Sc2ccccc2C)c1CN. The topological polar surface area (TPSA) is 26.0 Å². The molecule has 0 fully saturated rings. The number of rotatable bonds is 5. The van der Waals surface area contributed by atoms with Gasteiger partial charge in [0.1, 0.15) is 0 Å². The molecular weight excluding hydrogens is 270 g/mol. The summed E-state index contributed by atoms with van der Waals surface area (Å²) in [6.07, 6.45) is 0. The Morgan fingerprint density at radius 1 is 0.947 bits per heavy atom. The van der Waals surface area contributed by atoms with Crippen molar-refractivity contribution in [2.24, 2.45) is 5.73 Å². The average Bonchev–Trinajstić information content (AvgIpc) is 2.42. The molecule has 0 heterocycles. The largest absolute Gasteiger partial charge is 0.326 e. The third-order valence-corrected chi connectivity index (χ3v) is 5.17. The molecule has 19 heavy (non-hydrogen) atoms. The zero-order valence-electron chi connectivity index (χ0n) is 11.3. The van der Waals surface area contributed by atoms with E-state index in [0.717, 1.165) is 5.75 Å². The Morgan fingerprint density at radius 2 is 1.63 bits per heavy atom.